The highest BCUT2D eigenvalue weighted by molar-refractivity contribution is 6.33. The normalized spacial score (nSPS) is 10.2. The van der Waals surface area contributed by atoms with E-state index in [1.807, 2.05) is 0 Å². The summed E-state index contributed by atoms with van der Waals surface area (Å²) in [6.45, 7) is 0. The van der Waals surface area contributed by atoms with Gasteiger partial charge in [0.1, 0.15) is 0 Å². The van der Waals surface area contributed by atoms with Gasteiger partial charge in [0.2, 0.25) is 0 Å². The molecule has 17 heavy (non-hydrogen) atoms. The Morgan fingerprint density at radius 1 is 1.35 bits per heavy atom. The van der Waals surface area contributed by atoms with E-state index in [-0.39, 0.29) is 6.42 Å². The number of nitrogens with zero attached hydrogens (tertiary/aromatic N) is 2. The van der Waals surface area contributed by atoms with Crippen LogP contribution < -0.4 is 0 Å². The average molecular weight is 249 g/mol. The molecule has 0 saturated carbocycles. The molecular weight excluding hydrogens is 240 g/mol. The average Bonchev–Trinajstić information content (AvgIpc) is 2.29. The van der Waals surface area contributed by atoms with Crippen LogP contribution in [0.15, 0.2) is 36.8 Å². The molecule has 0 atom stereocenters. The quantitative estimate of drug-likeness (QED) is 0.906. The van der Waals surface area contributed by atoms with Crippen LogP contribution in [-0.4, -0.2) is 21.0 Å². The van der Waals surface area contributed by atoms with Crippen molar-refractivity contribution < 1.29 is 9.90 Å². The maximum atomic E-state index is 10.6. The van der Waals surface area contributed by atoms with Gasteiger partial charge < -0.3 is 5.11 Å². The van der Waals surface area contributed by atoms with Gasteiger partial charge in [-0.25, -0.2) is 0 Å². The lowest BCUT2D eigenvalue weighted by molar-refractivity contribution is -0.136. The van der Waals surface area contributed by atoms with E-state index in [0.717, 1.165) is 5.56 Å². The lowest BCUT2D eigenvalue weighted by Gasteiger charge is -2.04. The summed E-state index contributed by atoms with van der Waals surface area (Å²) in [5.41, 5.74) is 2.07. The molecule has 2 aromatic rings. The monoisotopic (exact) mass is 248 g/mol. The molecule has 0 fully saturated rings. The predicted octanol–water partition coefficient (Wildman–Crippen LogP) is 2.42. The van der Waals surface area contributed by atoms with Crippen LogP contribution in [0.4, 0.5) is 0 Å². The Bertz CT molecular complexity index is 543. The van der Waals surface area contributed by atoms with Gasteiger partial charge in [0, 0.05) is 24.2 Å². The zero-order valence-corrected chi connectivity index (χ0v) is 9.55. The van der Waals surface area contributed by atoms with Crippen molar-refractivity contribution in [3.05, 3.63) is 47.4 Å². The standard InChI is InChI=1S/C12H9ClN2O2/c13-10-5-8(6-11(16)17)7-15-12(10)9-1-3-14-4-2-9/h1-5,7H,6H2,(H,16,17). The Hall–Kier alpha value is -1.94. The van der Waals surface area contributed by atoms with Crippen LogP contribution in [0.3, 0.4) is 0 Å². The Kier molecular flexibility index (Phi) is 3.35. The number of hydrogen-bond donors (Lipinski definition) is 1. The summed E-state index contributed by atoms with van der Waals surface area (Å²) in [5.74, 6) is -0.903. The summed E-state index contributed by atoms with van der Waals surface area (Å²) < 4.78 is 0. The first kappa shape index (κ1) is 11.5. The highest BCUT2D eigenvalue weighted by Crippen LogP contribution is 2.25. The summed E-state index contributed by atoms with van der Waals surface area (Å²) in [5, 5.41) is 9.10. The van der Waals surface area contributed by atoms with Gasteiger partial charge in [0.15, 0.2) is 0 Å². The first-order valence-corrected chi connectivity index (χ1v) is 5.31. The topological polar surface area (TPSA) is 63.1 Å². The Morgan fingerprint density at radius 2 is 2.06 bits per heavy atom. The van der Waals surface area contributed by atoms with Gasteiger partial charge >= 0.3 is 5.97 Å². The molecule has 0 saturated heterocycles. The molecule has 2 aromatic heterocycles. The van der Waals surface area contributed by atoms with Gasteiger partial charge in [-0.2, -0.15) is 0 Å². The van der Waals surface area contributed by atoms with E-state index in [0.29, 0.717) is 16.3 Å². The van der Waals surface area contributed by atoms with Gasteiger partial charge in [-0.05, 0) is 23.8 Å². The first-order valence-electron chi connectivity index (χ1n) is 4.93. The van der Waals surface area contributed by atoms with Crippen molar-refractivity contribution in [1.82, 2.24) is 9.97 Å². The summed E-state index contributed by atoms with van der Waals surface area (Å²) >= 11 is 6.07. The second kappa shape index (κ2) is 4.93. The van der Waals surface area contributed by atoms with Crippen LogP contribution in [0.2, 0.25) is 5.02 Å². The van der Waals surface area contributed by atoms with Crippen molar-refractivity contribution in [1.29, 1.82) is 0 Å². The predicted molar refractivity (Wildman–Crippen MR) is 63.8 cm³/mol. The lowest BCUT2D eigenvalue weighted by atomic mass is 10.1. The molecule has 2 rings (SSSR count). The molecule has 5 heteroatoms. The number of aromatic nitrogens is 2. The molecule has 86 valence electrons. The first-order chi connectivity index (χ1) is 8.16. The molecule has 0 unspecified atom stereocenters. The molecular formula is C12H9ClN2O2. The van der Waals surface area contributed by atoms with Gasteiger partial charge in [0.05, 0.1) is 17.1 Å². The number of pyridine rings is 2. The van der Waals surface area contributed by atoms with E-state index in [1.54, 1.807) is 30.6 Å². The molecule has 2 heterocycles. The number of carbonyl (C=O) groups is 1. The van der Waals surface area contributed by atoms with E-state index >= 15 is 0 Å². The summed E-state index contributed by atoms with van der Waals surface area (Å²) in [7, 11) is 0. The fourth-order valence-electron chi connectivity index (χ4n) is 1.47. The maximum absolute atomic E-state index is 10.6. The highest BCUT2D eigenvalue weighted by Gasteiger charge is 2.08. The zero-order chi connectivity index (χ0) is 12.3. The van der Waals surface area contributed by atoms with Crippen molar-refractivity contribution in [2.45, 2.75) is 6.42 Å². The maximum Gasteiger partial charge on any atom is 0.307 e. The van der Waals surface area contributed by atoms with E-state index < -0.39 is 5.97 Å². The Balaban J connectivity index is 2.35. The Morgan fingerprint density at radius 3 is 2.65 bits per heavy atom. The molecule has 4 nitrogen and oxygen atoms in total. The van der Waals surface area contributed by atoms with E-state index in [4.69, 9.17) is 16.7 Å². The van der Waals surface area contributed by atoms with Crippen molar-refractivity contribution in [3.63, 3.8) is 0 Å². The molecule has 0 spiro atoms. The van der Waals surface area contributed by atoms with E-state index in [9.17, 15) is 4.79 Å². The van der Waals surface area contributed by atoms with Crippen molar-refractivity contribution in [2.75, 3.05) is 0 Å². The zero-order valence-electron chi connectivity index (χ0n) is 8.80. The third-order valence-electron chi connectivity index (χ3n) is 2.21. The number of carboxylic acid groups (broad SMARTS) is 1. The van der Waals surface area contributed by atoms with Crippen LogP contribution in [0.1, 0.15) is 5.56 Å². The Labute approximate surface area is 103 Å². The second-order valence-corrected chi connectivity index (χ2v) is 3.89. The number of rotatable bonds is 3. The summed E-state index contributed by atoms with van der Waals surface area (Å²) in [4.78, 5) is 18.6. The van der Waals surface area contributed by atoms with Crippen molar-refractivity contribution in [2.24, 2.45) is 0 Å². The SMILES string of the molecule is O=C(O)Cc1cnc(-c2ccncc2)c(Cl)c1. The van der Waals surface area contributed by atoms with E-state index in [1.165, 1.54) is 6.20 Å². The van der Waals surface area contributed by atoms with Crippen LogP contribution in [-0.2, 0) is 11.2 Å². The number of aliphatic carboxylic acids is 1. The minimum atomic E-state index is -0.903. The fourth-order valence-corrected chi connectivity index (χ4v) is 1.77. The highest BCUT2D eigenvalue weighted by atomic mass is 35.5. The molecule has 0 radical (unpaired) electrons. The van der Waals surface area contributed by atoms with Gasteiger partial charge in [-0.1, -0.05) is 11.6 Å². The minimum Gasteiger partial charge on any atom is -0.481 e. The molecule has 0 amide bonds. The van der Waals surface area contributed by atoms with Crippen molar-refractivity contribution in [3.8, 4) is 11.3 Å². The van der Waals surface area contributed by atoms with Crippen LogP contribution in [0.25, 0.3) is 11.3 Å². The van der Waals surface area contributed by atoms with Gasteiger partial charge in [-0.3, -0.25) is 14.8 Å². The summed E-state index contributed by atoms with van der Waals surface area (Å²) in [6, 6.07) is 5.22. The number of halogens is 1. The van der Waals surface area contributed by atoms with Gasteiger partial charge in [0.25, 0.3) is 0 Å². The van der Waals surface area contributed by atoms with Gasteiger partial charge in [-0.15, -0.1) is 0 Å². The third kappa shape index (κ3) is 2.79. The number of carboxylic acids is 1. The molecule has 0 bridgehead atoms. The molecule has 1 N–H and O–H groups in total. The van der Waals surface area contributed by atoms with Crippen molar-refractivity contribution >= 4 is 17.6 Å². The van der Waals surface area contributed by atoms with Crippen LogP contribution >= 0.6 is 11.6 Å². The van der Waals surface area contributed by atoms with Crippen LogP contribution in [0, 0.1) is 0 Å². The second-order valence-electron chi connectivity index (χ2n) is 3.48. The smallest absolute Gasteiger partial charge is 0.307 e. The molecule has 0 aliphatic heterocycles. The van der Waals surface area contributed by atoms with E-state index in [2.05, 4.69) is 9.97 Å². The molecule has 0 aliphatic rings. The fraction of sp³-hybridized carbons (Fsp3) is 0.0833. The largest absolute Gasteiger partial charge is 0.481 e. The number of hydrogen-bond acceptors (Lipinski definition) is 3. The molecule has 0 aromatic carbocycles. The summed E-state index contributed by atoms with van der Waals surface area (Å²) in [6.07, 6.45) is 4.75. The lowest BCUT2D eigenvalue weighted by Crippen LogP contribution is -2.01. The minimum absolute atomic E-state index is 0.0800. The molecule has 0 aliphatic carbocycles. The van der Waals surface area contributed by atoms with Crippen LogP contribution in [0.5, 0.6) is 0 Å². The third-order valence-corrected chi connectivity index (χ3v) is 2.50.